The van der Waals surface area contributed by atoms with Crippen LogP contribution in [0.4, 0.5) is 11.4 Å². The molecule has 1 aromatic rings. The summed E-state index contributed by atoms with van der Waals surface area (Å²) in [4.78, 5) is 11.1. The standard InChI is InChI=1S/C14H22N2O3/c1-10(9-18-3)8-15-12-5-6-13(16-11(2)17)14(7-12)19-4/h5-7,10,15H,8-9H2,1-4H3,(H,16,17). The molecule has 1 amide bonds. The third-order valence-electron chi connectivity index (χ3n) is 2.62. The van der Waals surface area contributed by atoms with Crippen LogP contribution < -0.4 is 15.4 Å². The van der Waals surface area contributed by atoms with E-state index in [1.165, 1.54) is 6.92 Å². The summed E-state index contributed by atoms with van der Waals surface area (Å²) >= 11 is 0. The van der Waals surface area contributed by atoms with Gasteiger partial charge < -0.3 is 20.1 Å². The number of rotatable bonds is 7. The van der Waals surface area contributed by atoms with Gasteiger partial charge in [-0.15, -0.1) is 0 Å². The van der Waals surface area contributed by atoms with Crippen molar-refractivity contribution in [3.8, 4) is 5.75 Å². The Morgan fingerprint density at radius 3 is 2.68 bits per heavy atom. The Bertz CT molecular complexity index is 421. The smallest absolute Gasteiger partial charge is 0.221 e. The Kier molecular flexibility index (Phi) is 6.15. The van der Waals surface area contributed by atoms with Gasteiger partial charge in [-0.2, -0.15) is 0 Å². The molecule has 0 aliphatic heterocycles. The van der Waals surface area contributed by atoms with Crippen molar-refractivity contribution in [3.63, 3.8) is 0 Å². The predicted molar refractivity (Wildman–Crippen MR) is 76.8 cm³/mol. The normalized spacial score (nSPS) is 11.8. The van der Waals surface area contributed by atoms with Gasteiger partial charge in [0.2, 0.25) is 5.91 Å². The largest absolute Gasteiger partial charge is 0.494 e. The van der Waals surface area contributed by atoms with Crippen molar-refractivity contribution in [1.29, 1.82) is 0 Å². The van der Waals surface area contributed by atoms with E-state index in [1.54, 1.807) is 14.2 Å². The summed E-state index contributed by atoms with van der Waals surface area (Å²) < 4.78 is 10.3. The Labute approximate surface area is 114 Å². The second-order valence-corrected chi connectivity index (χ2v) is 4.54. The highest BCUT2D eigenvalue weighted by atomic mass is 16.5. The van der Waals surface area contributed by atoms with Gasteiger partial charge in [-0.3, -0.25) is 4.79 Å². The third kappa shape index (κ3) is 5.18. The first-order valence-electron chi connectivity index (χ1n) is 6.25. The Morgan fingerprint density at radius 1 is 1.37 bits per heavy atom. The minimum atomic E-state index is -0.118. The maximum Gasteiger partial charge on any atom is 0.221 e. The monoisotopic (exact) mass is 266 g/mol. The van der Waals surface area contributed by atoms with Crippen LogP contribution in [0.1, 0.15) is 13.8 Å². The number of carbonyl (C=O) groups is 1. The number of hydrogen-bond acceptors (Lipinski definition) is 4. The van der Waals surface area contributed by atoms with Gasteiger partial charge in [-0.25, -0.2) is 0 Å². The van der Waals surface area contributed by atoms with E-state index in [4.69, 9.17) is 9.47 Å². The lowest BCUT2D eigenvalue weighted by Crippen LogP contribution is -2.16. The van der Waals surface area contributed by atoms with Crippen LogP contribution in [0.3, 0.4) is 0 Å². The van der Waals surface area contributed by atoms with E-state index < -0.39 is 0 Å². The topological polar surface area (TPSA) is 59.6 Å². The molecule has 0 saturated carbocycles. The zero-order chi connectivity index (χ0) is 14.3. The number of anilines is 2. The Hall–Kier alpha value is -1.75. The van der Waals surface area contributed by atoms with Crippen molar-refractivity contribution in [1.82, 2.24) is 0 Å². The van der Waals surface area contributed by atoms with Crippen LogP contribution in [0.2, 0.25) is 0 Å². The number of carbonyl (C=O) groups excluding carboxylic acids is 1. The van der Waals surface area contributed by atoms with Crippen LogP contribution >= 0.6 is 0 Å². The van der Waals surface area contributed by atoms with Crippen molar-refractivity contribution in [2.75, 3.05) is 38.0 Å². The van der Waals surface area contributed by atoms with Gasteiger partial charge in [0.15, 0.2) is 0 Å². The number of hydrogen-bond donors (Lipinski definition) is 2. The van der Waals surface area contributed by atoms with Gasteiger partial charge in [0.1, 0.15) is 5.75 Å². The lowest BCUT2D eigenvalue weighted by molar-refractivity contribution is -0.114. The van der Waals surface area contributed by atoms with E-state index in [1.807, 2.05) is 18.2 Å². The fourth-order valence-electron chi connectivity index (χ4n) is 1.73. The molecule has 0 fully saturated rings. The highest BCUT2D eigenvalue weighted by Gasteiger charge is 2.07. The third-order valence-corrected chi connectivity index (χ3v) is 2.62. The molecule has 5 heteroatoms. The fourth-order valence-corrected chi connectivity index (χ4v) is 1.73. The molecule has 1 rings (SSSR count). The molecule has 0 spiro atoms. The molecule has 106 valence electrons. The van der Waals surface area contributed by atoms with E-state index in [0.717, 1.165) is 12.2 Å². The molecule has 19 heavy (non-hydrogen) atoms. The first-order chi connectivity index (χ1) is 9.06. The quantitative estimate of drug-likeness (QED) is 0.795. The molecule has 0 aliphatic rings. The average molecular weight is 266 g/mol. The average Bonchev–Trinajstić information content (AvgIpc) is 2.37. The van der Waals surface area contributed by atoms with Gasteiger partial charge in [-0.1, -0.05) is 6.92 Å². The molecule has 5 nitrogen and oxygen atoms in total. The number of nitrogens with one attached hydrogen (secondary N) is 2. The first kappa shape index (κ1) is 15.3. The Balaban J connectivity index is 2.68. The molecule has 1 atom stereocenters. The van der Waals surface area contributed by atoms with Crippen LogP contribution in [-0.4, -0.2) is 33.3 Å². The molecule has 1 unspecified atom stereocenters. The van der Waals surface area contributed by atoms with Crippen molar-refractivity contribution in [3.05, 3.63) is 18.2 Å². The van der Waals surface area contributed by atoms with Crippen LogP contribution in [0.5, 0.6) is 5.75 Å². The highest BCUT2D eigenvalue weighted by molar-refractivity contribution is 5.90. The molecule has 2 N–H and O–H groups in total. The second kappa shape index (κ2) is 7.63. The predicted octanol–water partition coefficient (Wildman–Crippen LogP) is 2.35. The van der Waals surface area contributed by atoms with Crippen LogP contribution in [0.15, 0.2) is 18.2 Å². The van der Waals surface area contributed by atoms with Crippen LogP contribution in [0, 0.1) is 5.92 Å². The SMILES string of the molecule is COCC(C)CNc1ccc(NC(C)=O)c(OC)c1. The minimum Gasteiger partial charge on any atom is -0.494 e. The van der Waals surface area contributed by atoms with E-state index in [-0.39, 0.29) is 5.91 Å². The summed E-state index contributed by atoms with van der Waals surface area (Å²) in [5.41, 5.74) is 1.62. The molecule has 0 radical (unpaired) electrons. The first-order valence-corrected chi connectivity index (χ1v) is 6.25. The molecule has 0 aliphatic carbocycles. The number of methoxy groups -OCH3 is 2. The van der Waals surface area contributed by atoms with Gasteiger partial charge in [0.25, 0.3) is 0 Å². The van der Waals surface area contributed by atoms with E-state index in [9.17, 15) is 4.79 Å². The summed E-state index contributed by atoms with van der Waals surface area (Å²) in [7, 11) is 3.28. The molecular formula is C14H22N2O3. The van der Waals surface area contributed by atoms with E-state index in [2.05, 4.69) is 17.6 Å². The maximum absolute atomic E-state index is 11.1. The van der Waals surface area contributed by atoms with E-state index >= 15 is 0 Å². The van der Waals surface area contributed by atoms with Crippen molar-refractivity contribution >= 4 is 17.3 Å². The van der Waals surface area contributed by atoms with Crippen molar-refractivity contribution < 1.29 is 14.3 Å². The van der Waals surface area contributed by atoms with Crippen molar-refractivity contribution in [2.45, 2.75) is 13.8 Å². The lowest BCUT2D eigenvalue weighted by Gasteiger charge is -2.15. The summed E-state index contributed by atoms with van der Waals surface area (Å²) in [5, 5.41) is 6.04. The molecule has 0 aromatic heterocycles. The molecule has 1 aromatic carbocycles. The second-order valence-electron chi connectivity index (χ2n) is 4.54. The van der Waals surface area contributed by atoms with Crippen LogP contribution in [0.25, 0.3) is 0 Å². The van der Waals surface area contributed by atoms with Crippen molar-refractivity contribution in [2.24, 2.45) is 5.92 Å². The maximum atomic E-state index is 11.1. The summed E-state index contributed by atoms with van der Waals surface area (Å²) in [6, 6.07) is 5.60. The fraction of sp³-hybridized carbons (Fsp3) is 0.500. The molecule has 0 heterocycles. The van der Waals surface area contributed by atoms with Gasteiger partial charge in [0.05, 0.1) is 19.4 Å². The molecular weight excluding hydrogens is 244 g/mol. The molecule has 0 saturated heterocycles. The van der Waals surface area contributed by atoms with Crippen LogP contribution in [-0.2, 0) is 9.53 Å². The van der Waals surface area contributed by atoms with Gasteiger partial charge >= 0.3 is 0 Å². The molecule has 0 bridgehead atoms. The summed E-state index contributed by atoms with van der Waals surface area (Å²) in [5.74, 6) is 0.943. The summed E-state index contributed by atoms with van der Waals surface area (Å²) in [6.07, 6.45) is 0. The lowest BCUT2D eigenvalue weighted by atomic mass is 10.2. The number of amides is 1. The highest BCUT2D eigenvalue weighted by Crippen LogP contribution is 2.27. The Morgan fingerprint density at radius 2 is 2.11 bits per heavy atom. The number of benzene rings is 1. The van der Waals surface area contributed by atoms with E-state index in [0.29, 0.717) is 24.0 Å². The van der Waals surface area contributed by atoms with Gasteiger partial charge in [0, 0.05) is 32.3 Å². The summed E-state index contributed by atoms with van der Waals surface area (Å²) in [6.45, 7) is 5.11. The zero-order valence-electron chi connectivity index (χ0n) is 11.9. The zero-order valence-corrected chi connectivity index (χ0v) is 11.9. The number of ether oxygens (including phenoxy) is 2. The van der Waals surface area contributed by atoms with Gasteiger partial charge in [-0.05, 0) is 18.1 Å². The minimum absolute atomic E-state index is 0.118.